The second kappa shape index (κ2) is 9.94. The average molecular weight is 474 g/mol. The highest BCUT2D eigenvalue weighted by atomic mass is 16.5. The van der Waals surface area contributed by atoms with Crippen molar-refractivity contribution in [2.24, 2.45) is 5.73 Å². The number of nitrogens with zero attached hydrogens (tertiary/aromatic N) is 1. The predicted octanol–water partition coefficient (Wildman–Crippen LogP) is 4.14. The summed E-state index contributed by atoms with van der Waals surface area (Å²) < 4.78 is 16.9. The van der Waals surface area contributed by atoms with Crippen LogP contribution in [-0.2, 0) is 14.3 Å². The van der Waals surface area contributed by atoms with E-state index in [4.69, 9.17) is 19.9 Å². The molecule has 2 aliphatic rings. The smallest absolute Gasteiger partial charge is 0.262 e. The summed E-state index contributed by atoms with van der Waals surface area (Å²) in [6.07, 6.45) is 1.66. The second-order valence-corrected chi connectivity index (χ2v) is 8.60. The van der Waals surface area contributed by atoms with Crippen LogP contribution in [0.3, 0.4) is 0 Å². The first-order valence-corrected chi connectivity index (χ1v) is 11.3. The van der Waals surface area contributed by atoms with Gasteiger partial charge in [0.15, 0.2) is 23.9 Å². The standard InChI is InChI=1S/C27H27N3O5/c1-15-7-8-16(2)19(11-15)30-24(32)14-34-21-10-9-17(12-23(21)33-3)25-18(13-28)27(29)35-22-6-4-5-20(31)26(22)25/h7-12,25H,4-6,14,29H2,1-3H3,(H,30,32). The van der Waals surface area contributed by atoms with Crippen LogP contribution in [0.15, 0.2) is 59.2 Å². The number of hydrogen-bond donors (Lipinski definition) is 2. The number of ether oxygens (including phenoxy) is 3. The average Bonchev–Trinajstić information content (AvgIpc) is 2.84. The van der Waals surface area contributed by atoms with Crippen molar-refractivity contribution in [2.75, 3.05) is 19.0 Å². The number of hydrogen-bond acceptors (Lipinski definition) is 7. The minimum Gasteiger partial charge on any atom is -0.493 e. The Morgan fingerprint density at radius 3 is 2.74 bits per heavy atom. The Morgan fingerprint density at radius 2 is 2.00 bits per heavy atom. The van der Waals surface area contributed by atoms with Gasteiger partial charge in [0.2, 0.25) is 5.88 Å². The first kappa shape index (κ1) is 23.9. The van der Waals surface area contributed by atoms with E-state index < -0.39 is 5.92 Å². The fraction of sp³-hybridized carbons (Fsp3) is 0.296. The molecule has 1 aliphatic carbocycles. The summed E-state index contributed by atoms with van der Waals surface area (Å²) in [5.41, 5.74) is 10.0. The topological polar surface area (TPSA) is 124 Å². The zero-order chi connectivity index (χ0) is 25.1. The zero-order valence-corrected chi connectivity index (χ0v) is 19.9. The third kappa shape index (κ3) is 4.85. The molecule has 1 atom stereocenters. The number of methoxy groups -OCH3 is 1. The molecule has 0 radical (unpaired) electrons. The van der Waals surface area contributed by atoms with Crippen molar-refractivity contribution in [1.29, 1.82) is 5.26 Å². The van der Waals surface area contributed by atoms with Crippen LogP contribution in [0.4, 0.5) is 5.69 Å². The van der Waals surface area contributed by atoms with Crippen molar-refractivity contribution in [2.45, 2.75) is 39.0 Å². The lowest BCUT2D eigenvalue weighted by Gasteiger charge is -2.31. The summed E-state index contributed by atoms with van der Waals surface area (Å²) in [6.45, 7) is 3.66. The maximum Gasteiger partial charge on any atom is 0.262 e. The molecular weight excluding hydrogens is 446 g/mol. The van der Waals surface area contributed by atoms with Crippen LogP contribution in [0.25, 0.3) is 0 Å². The Kier molecular flexibility index (Phi) is 6.78. The number of nitrogens with one attached hydrogen (secondary N) is 1. The monoisotopic (exact) mass is 473 g/mol. The van der Waals surface area contributed by atoms with Gasteiger partial charge in [-0.1, -0.05) is 18.2 Å². The quantitative estimate of drug-likeness (QED) is 0.646. The first-order valence-electron chi connectivity index (χ1n) is 11.3. The minimum absolute atomic E-state index is 0.00774. The van der Waals surface area contributed by atoms with Gasteiger partial charge in [0.05, 0.1) is 13.0 Å². The highest BCUT2D eigenvalue weighted by Crippen LogP contribution is 2.45. The van der Waals surface area contributed by atoms with Gasteiger partial charge < -0.3 is 25.3 Å². The van der Waals surface area contributed by atoms with E-state index in [1.807, 2.05) is 32.0 Å². The maximum atomic E-state index is 12.8. The summed E-state index contributed by atoms with van der Waals surface area (Å²) in [6, 6.07) is 13.0. The normalized spacial score (nSPS) is 17.3. The second-order valence-electron chi connectivity index (χ2n) is 8.60. The SMILES string of the molecule is COc1cc(C2C(C#N)=C(N)OC3=C2C(=O)CCC3)ccc1OCC(=O)Nc1cc(C)ccc1C. The molecule has 8 nitrogen and oxygen atoms in total. The fourth-order valence-corrected chi connectivity index (χ4v) is 4.37. The summed E-state index contributed by atoms with van der Waals surface area (Å²) in [5.74, 6) is 0.248. The van der Waals surface area contributed by atoms with Gasteiger partial charge in [0.25, 0.3) is 5.91 Å². The number of nitriles is 1. The highest BCUT2D eigenvalue weighted by Gasteiger charge is 2.38. The Labute approximate surface area is 204 Å². The molecule has 0 saturated carbocycles. The molecule has 8 heteroatoms. The maximum absolute atomic E-state index is 12.8. The van der Waals surface area contributed by atoms with Crippen LogP contribution < -0.4 is 20.5 Å². The number of nitrogens with two attached hydrogens (primary N) is 1. The molecule has 180 valence electrons. The largest absolute Gasteiger partial charge is 0.493 e. The molecule has 1 amide bonds. The van der Waals surface area contributed by atoms with Gasteiger partial charge in [-0.3, -0.25) is 9.59 Å². The van der Waals surface area contributed by atoms with E-state index in [2.05, 4.69) is 11.4 Å². The number of rotatable bonds is 6. The highest BCUT2D eigenvalue weighted by molar-refractivity contribution is 5.99. The van der Waals surface area contributed by atoms with Crippen LogP contribution in [0.2, 0.25) is 0 Å². The molecule has 1 heterocycles. The van der Waals surface area contributed by atoms with Crippen LogP contribution in [0.1, 0.15) is 41.9 Å². The van der Waals surface area contributed by atoms with E-state index in [0.29, 0.717) is 47.7 Å². The molecule has 0 spiro atoms. The van der Waals surface area contributed by atoms with Crippen molar-refractivity contribution in [3.05, 3.63) is 75.9 Å². The van der Waals surface area contributed by atoms with Crippen molar-refractivity contribution in [3.63, 3.8) is 0 Å². The van der Waals surface area contributed by atoms with E-state index in [-0.39, 0.29) is 29.8 Å². The van der Waals surface area contributed by atoms with E-state index in [0.717, 1.165) is 16.8 Å². The lowest BCUT2D eigenvalue weighted by Crippen LogP contribution is -2.27. The zero-order valence-electron chi connectivity index (χ0n) is 19.9. The number of aryl methyl sites for hydroxylation is 2. The Morgan fingerprint density at radius 1 is 1.20 bits per heavy atom. The molecule has 0 fully saturated rings. The Hall–Kier alpha value is -4.25. The fourth-order valence-electron chi connectivity index (χ4n) is 4.37. The van der Waals surface area contributed by atoms with Gasteiger partial charge in [-0.15, -0.1) is 0 Å². The molecule has 1 unspecified atom stereocenters. The number of allylic oxidation sites excluding steroid dienone is 3. The number of carbonyl (C=O) groups excluding carboxylic acids is 2. The van der Waals surface area contributed by atoms with Crippen LogP contribution >= 0.6 is 0 Å². The van der Waals surface area contributed by atoms with Crippen molar-refractivity contribution in [3.8, 4) is 17.6 Å². The number of Topliss-reactive ketones (excluding diaryl/α,β-unsaturated/α-hetero) is 1. The van der Waals surface area contributed by atoms with E-state index in [1.165, 1.54) is 7.11 Å². The van der Waals surface area contributed by atoms with E-state index in [1.54, 1.807) is 18.2 Å². The first-order chi connectivity index (χ1) is 16.8. The molecule has 0 aromatic heterocycles. The van der Waals surface area contributed by atoms with Gasteiger partial charge in [0.1, 0.15) is 17.4 Å². The van der Waals surface area contributed by atoms with Crippen molar-refractivity contribution >= 4 is 17.4 Å². The van der Waals surface area contributed by atoms with Gasteiger partial charge in [-0.25, -0.2) is 0 Å². The van der Waals surface area contributed by atoms with Crippen molar-refractivity contribution in [1.82, 2.24) is 0 Å². The summed E-state index contributed by atoms with van der Waals surface area (Å²) in [7, 11) is 1.48. The number of ketones is 1. The third-order valence-electron chi connectivity index (χ3n) is 6.15. The third-order valence-corrected chi connectivity index (χ3v) is 6.15. The molecule has 35 heavy (non-hydrogen) atoms. The van der Waals surface area contributed by atoms with Crippen LogP contribution in [-0.4, -0.2) is 25.4 Å². The van der Waals surface area contributed by atoms with E-state index >= 15 is 0 Å². The summed E-state index contributed by atoms with van der Waals surface area (Å²) in [5, 5.41) is 12.6. The van der Waals surface area contributed by atoms with Gasteiger partial charge >= 0.3 is 0 Å². The van der Waals surface area contributed by atoms with Gasteiger partial charge in [-0.2, -0.15) is 5.26 Å². The number of carbonyl (C=O) groups is 2. The molecule has 1 aliphatic heterocycles. The number of amides is 1. The molecule has 0 bridgehead atoms. The predicted molar refractivity (Wildman–Crippen MR) is 130 cm³/mol. The number of anilines is 1. The molecular formula is C27H27N3O5. The summed E-state index contributed by atoms with van der Waals surface area (Å²) in [4.78, 5) is 25.2. The van der Waals surface area contributed by atoms with Gasteiger partial charge in [-0.05, 0) is 55.2 Å². The van der Waals surface area contributed by atoms with Crippen LogP contribution in [0, 0.1) is 25.2 Å². The molecule has 4 rings (SSSR count). The number of benzene rings is 2. The summed E-state index contributed by atoms with van der Waals surface area (Å²) >= 11 is 0. The molecule has 2 aromatic carbocycles. The molecule has 2 aromatic rings. The Balaban J connectivity index is 1.57. The van der Waals surface area contributed by atoms with E-state index in [9.17, 15) is 14.9 Å². The molecule has 0 saturated heterocycles. The Bertz CT molecular complexity index is 1300. The van der Waals surface area contributed by atoms with Crippen molar-refractivity contribution < 1.29 is 23.8 Å². The lowest BCUT2D eigenvalue weighted by atomic mass is 9.77. The lowest BCUT2D eigenvalue weighted by molar-refractivity contribution is -0.118. The molecule has 3 N–H and O–H groups in total. The minimum atomic E-state index is -0.646. The van der Waals surface area contributed by atoms with Crippen LogP contribution in [0.5, 0.6) is 11.5 Å². The van der Waals surface area contributed by atoms with Gasteiger partial charge in [0, 0.05) is 24.1 Å².